The van der Waals surface area contributed by atoms with Crippen LogP contribution in [0.25, 0.3) is 10.9 Å². The van der Waals surface area contributed by atoms with Crippen LogP contribution in [0.4, 0.5) is 5.69 Å². The normalized spacial score (nSPS) is 23.4. The minimum Gasteiger partial charge on any atom is -0.506 e. The summed E-state index contributed by atoms with van der Waals surface area (Å²) < 4.78 is 1.80. The lowest BCUT2D eigenvalue weighted by atomic mass is 9.63. The van der Waals surface area contributed by atoms with Crippen LogP contribution in [0.2, 0.25) is 5.02 Å². The second-order valence-corrected chi connectivity index (χ2v) is 9.35. The number of carboxylic acids is 1. The Hall–Kier alpha value is -2.25. The third-order valence-electron chi connectivity index (χ3n) is 6.79. The van der Waals surface area contributed by atoms with Crippen LogP contribution in [0, 0.1) is 5.41 Å². The molecule has 2 aromatic rings. The maximum atomic E-state index is 12.8. The number of benzene rings is 1. The van der Waals surface area contributed by atoms with E-state index in [4.69, 9.17) is 17.3 Å². The highest BCUT2D eigenvalue weighted by Crippen LogP contribution is 2.51. The van der Waals surface area contributed by atoms with E-state index in [1.807, 2.05) is 0 Å². The van der Waals surface area contributed by atoms with Gasteiger partial charge in [-0.05, 0) is 43.6 Å². The molecule has 0 radical (unpaired) electrons. The van der Waals surface area contributed by atoms with Crippen molar-refractivity contribution in [1.82, 2.24) is 4.57 Å². The molecule has 2 aliphatic carbocycles. The van der Waals surface area contributed by atoms with Gasteiger partial charge in [-0.15, -0.1) is 0 Å². The zero-order valence-electron chi connectivity index (χ0n) is 16.0. The van der Waals surface area contributed by atoms with Crippen LogP contribution >= 0.6 is 11.6 Å². The van der Waals surface area contributed by atoms with Crippen molar-refractivity contribution in [2.75, 3.05) is 18.0 Å². The molecule has 5 rings (SSSR count). The number of fused-ring (bicyclic) bond motifs is 1. The highest BCUT2D eigenvalue weighted by Gasteiger charge is 2.44. The molecule has 29 heavy (non-hydrogen) atoms. The smallest absolute Gasteiger partial charge is 0.341 e. The second-order valence-electron chi connectivity index (χ2n) is 8.97. The Balaban J connectivity index is 1.72. The lowest BCUT2D eigenvalue weighted by molar-refractivity contribution is 0.0694. The van der Waals surface area contributed by atoms with Gasteiger partial charge in [0.15, 0.2) is 0 Å². The van der Waals surface area contributed by atoms with Gasteiger partial charge in [0.1, 0.15) is 17.0 Å². The predicted octanol–water partition coefficient (Wildman–Crippen LogP) is 3.10. The first-order valence-electron chi connectivity index (χ1n) is 10.1. The average Bonchev–Trinajstić information content (AvgIpc) is 3.45. The molecule has 2 heterocycles. The van der Waals surface area contributed by atoms with E-state index in [9.17, 15) is 19.8 Å². The van der Waals surface area contributed by atoms with Crippen molar-refractivity contribution < 1.29 is 15.0 Å². The molecule has 8 heteroatoms. The van der Waals surface area contributed by atoms with E-state index in [1.54, 1.807) is 4.57 Å². The molecule has 2 saturated carbocycles. The number of phenols is 1. The summed E-state index contributed by atoms with van der Waals surface area (Å²) in [6.45, 7) is 1.36. The largest absolute Gasteiger partial charge is 0.506 e. The lowest BCUT2D eigenvalue weighted by Gasteiger charge is -2.51. The number of carboxylic acid groups (broad SMARTS) is 1. The number of carbonyl (C=O) groups is 1. The van der Waals surface area contributed by atoms with Gasteiger partial charge in [0.25, 0.3) is 0 Å². The maximum absolute atomic E-state index is 12.8. The Morgan fingerprint density at radius 3 is 2.62 bits per heavy atom. The number of hydrogen-bond acceptors (Lipinski definition) is 5. The SMILES string of the molecule is NC1CN(c2c(O)cc3c(=O)c(C(=O)O)cn(C4CC4)c3c2Cl)CC2(CCC2)C1. The number of aromatic carboxylic acids is 1. The van der Waals surface area contributed by atoms with Crippen LogP contribution in [0.3, 0.4) is 0 Å². The first-order valence-corrected chi connectivity index (χ1v) is 10.5. The number of hydrogen-bond donors (Lipinski definition) is 3. The summed E-state index contributed by atoms with van der Waals surface area (Å²) in [5.74, 6) is -1.38. The molecule has 1 aliphatic heterocycles. The number of halogens is 1. The molecule has 7 nitrogen and oxygen atoms in total. The number of aromatic hydroxyl groups is 1. The Morgan fingerprint density at radius 1 is 1.31 bits per heavy atom. The van der Waals surface area contributed by atoms with Gasteiger partial charge in [-0.1, -0.05) is 18.0 Å². The molecule has 1 aromatic heterocycles. The van der Waals surface area contributed by atoms with E-state index >= 15 is 0 Å². The van der Waals surface area contributed by atoms with Gasteiger partial charge in [0.05, 0.1) is 15.9 Å². The zero-order valence-corrected chi connectivity index (χ0v) is 16.8. The first-order chi connectivity index (χ1) is 13.8. The van der Waals surface area contributed by atoms with Crippen LogP contribution in [0.1, 0.15) is 54.9 Å². The number of nitrogens with zero attached hydrogens (tertiary/aromatic N) is 2. The van der Waals surface area contributed by atoms with Crippen molar-refractivity contribution in [2.45, 2.75) is 50.6 Å². The molecule has 1 atom stereocenters. The van der Waals surface area contributed by atoms with Gasteiger partial charge in [-0.3, -0.25) is 4.79 Å². The van der Waals surface area contributed by atoms with E-state index in [2.05, 4.69) is 4.90 Å². The molecule has 0 bridgehead atoms. The van der Waals surface area contributed by atoms with Gasteiger partial charge in [0, 0.05) is 31.4 Å². The number of anilines is 1. The topological polar surface area (TPSA) is 109 Å². The number of nitrogens with two attached hydrogens (primary N) is 1. The molecule has 3 fully saturated rings. The molecule has 154 valence electrons. The van der Waals surface area contributed by atoms with Crippen molar-refractivity contribution in [1.29, 1.82) is 0 Å². The Labute approximate surface area is 172 Å². The predicted molar refractivity (Wildman–Crippen MR) is 111 cm³/mol. The molecule has 0 amide bonds. The quantitative estimate of drug-likeness (QED) is 0.708. The van der Waals surface area contributed by atoms with Crippen LogP contribution in [0.15, 0.2) is 17.1 Å². The fraction of sp³-hybridized carbons (Fsp3) is 0.524. The summed E-state index contributed by atoms with van der Waals surface area (Å²) in [7, 11) is 0. The van der Waals surface area contributed by atoms with Gasteiger partial charge >= 0.3 is 5.97 Å². The Bertz CT molecular complexity index is 1090. The lowest BCUT2D eigenvalue weighted by Crippen LogP contribution is -2.55. The molecule has 1 unspecified atom stereocenters. The number of rotatable bonds is 3. The Kier molecular flexibility index (Phi) is 4.12. The molecular weight excluding hydrogens is 394 g/mol. The fourth-order valence-electron chi connectivity index (χ4n) is 5.19. The van der Waals surface area contributed by atoms with E-state index in [0.717, 1.165) is 38.6 Å². The maximum Gasteiger partial charge on any atom is 0.341 e. The molecule has 3 aliphatic rings. The van der Waals surface area contributed by atoms with Crippen molar-refractivity contribution >= 4 is 34.2 Å². The highest BCUT2D eigenvalue weighted by molar-refractivity contribution is 6.38. The van der Waals surface area contributed by atoms with E-state index in [0.29, 0.717) is 22.8 Å². The Morgan fingerprint density at radius 2 is 2.03 bits per heavy atom. The molecular formula is C21H24ClN3O4. The summed E-state index contributed by atoms with van der Waals surface area (Å²) in [5, 5.41) is 20.7. The third-order valence-corrected chi connectivity index (χ3v) is 7.15. The third kappa shape index (κ3) is 2.90. The van der Waals surface area contributed by atoms with Crippen LogP contribution in [0.5, 0.6) is 5.75 Å². The second kappa shape index (κ2) is 6.37. The van der Waals surface area contributed by atoms with Gasteiger partial charge in [0.2, 0.25) is 5.43 Å². The molecule has 1 saturated heterocycles. The van der Waals surface area contributed by atoms with Crippen LogP contribution in [-0.2, 0) is 0 Å². The molecule has 1 aromatic carbocycles. The number of piperidine rings is 1. The summed E-state index contributed by atoms with van der Waals surface area (Å²) in [6.07, 6.45) is 7.62. The monoisotopic (exact) mass is 417 g/mol. The number of pyridine rings is 1. The summed E-state index contributed by atoms with van der Waals surface area (Å²) in [6, 6.07) is 1.49. The molecule has 1 spiro atoms. The number of aromatic nitrogens is 1. The van der Waals surface area contributed by atoms with E-state index in [1.165, 1.54) is 18.7 Å². The molecule has 4 N–H and O–H groups in total. The summed E-state index contributed by atoms with van der Waals surface area (Å²) in [4.78, 5) is 26.4. The van der Waals surface area contributed by atoms with Gasteiger partial charge in [-0.2, -0.15) is 0 Å². The van der Waals surface area contributed by atoms with E-state index in [-0.39, 0.29) is 34.2 Å². The standard InChI is InChI=1S/C21H24ClN3O4/c22-16-17-13(19(27)14(20(28)29)9-25(17)12-2-3-12)6-15(26)18(16)24-8-11(23)7-21(10-24)4-1-5-21/h6,9,11-12,26H,1-5,7-8,10,23H2,(H,28,29). The minimum absolute atomic E-state index is 0.00442. The highest BCUT2D eigenvalue weighted by atomic mass is 35.5. The van der Waals surface area contributed by atoms with Crippen molar-refractivity contribution in [3.05, 3.63) is 33.1 Å². The minimum atomic E-state index is -1.28. The van der Waals surface area contributed by atoms with Crippen LogP contribution in [-0.4, -0.2) is 39.9 Å². The summed E-state index contributed by atoms with van der Waals surface area (Å²) >= 11 is 6.81. The van der Waals surface area contributed by atoms with Crippen molar-refractivity contribution in [3.8, 4) is 5.75 Å². The number of phenolic OH excluding ortho intramolecular Hbond substituents is 1. The van der Waals surface area contributed by atoms with E-state index < -0.39 is 11.4 Å². The van der Waals surface area contributed by atoms with Crippen molar-refractivity contribution in [3.63, 3.8) is 0 Å². The fourth-order valence-corrected chi connectivity index (χ4v) is 5.61. The summed E-state index contributed by atoms with van der Waals surface area (Å²) in [5.41, 5.74) is 6.58. The van der Waals surface area contributed by atoms with Crippen LogP contribution < -0.4 is 16.1 Å². The van der Waals surface area contributed by atoms with Crippen molar-refractivity contribution in [2.24, 2.45) is 11.1 Å². The van der Waals surface area contributed by atoms with Gasteiger partial charge < -0.3 is 25.4 Å². The average molecular weight is 418 g/mol. The van der Waals surface area contributed by atoms with Gasteiger partial charge in [-0.25, -0.2) is 4.79 Å². The first kappa shape index (κ1) is 18.8. The zero-order chi connectivity index (χ0) is 20.5.